The summed E-state index contributed by atoms with van der Waals surface area (Å²) in [6.45, 7) is 2.76. The second-order valence-corrected chi connectivity index (χ2v) is 9.00. The molecule has 0 bridgehead atoms. The van der Waals surface area contributed by atoms with Crippen molar-refractivity contribution in [3.63, 3.8) is 0 Å². The van der Waals surface area contributed by atoms with Crippen molar-refractivity contribution in [1.29, 1.82) is 5.26 Å². The van der Waals surface area contributed by atoms with E-state index in [0.717, 1.165) is 36.8 Å². The van der Waals surface area contributed by atoms with Gasteiger partial charge >= 0.3 is 0 Å². The third-order valence-corrected chi connectivity index (χ3v) is 7.45. The Morgan fingerprint density at radius 2 is 2.13 bits per heavy atom. The van der Waals surface area contributed by atoms with Gasteiger partial charge in [-0.3, -0.25) is 4.98 Å². The first-order valence-corrected chi connectivity index (χ1v) is 10.5. The zero-order valence-corrected chi connectivity index (χ0v) is 17.4. The maximum absolute atomic E-state index is 9.24. The molecular formula is C24H26N4O2. The van der Waals surface area contributed by atoms with Crippen LogP contribution in [-0.4, -0.2) is 30.8 Å². The van der Waals surface area contributed by atoms with E-state index in [1.165, 1.54) is 11.1 Å². The zero-order valence-electron chi connectivity index (χ0n) is 17.4. The Balaban J connectivity index is 1.62. The van der Waals surface area contributed by atoms with Crippen LogP contribution in [0.15, 0.2) is 41.7 Å². The normalized spacial score (nSPS) is 32.0. The lowest BCUT2D eigenvalue weighted by Gasteiger charge is -2.47. The molecule has 3 aliphatic rings. The Labute approximate surface area is 176 Å². The van der Waals surface area contributed by atoms with E-state index < -0.39 is 5.54 Å². The third-order valence-electron chi connectivity index (χ3n) is 7.45. The predicted octanol–water partition coefficient (Wildman–Crippen LogP) is 3.54. The van der Waals surface area contributed by atoms with Gasteiger partial charge in [-0.25, -0.2) is 4.99 Å². The van der Waals surface area contributed by atoms with E-state index in [1.54, 1.807) is 12.4 Å². The smallest absolute Gasteiger partial charge is 0.283 e. The SMILES string of the molecule is CO[C@@H]1CC[C@]2(Cc3ccc(-c4cncc(C#N)c4)cc3[C@@]23COC(N)=N3)C[C@H]1C. The Kier molecular flexibility index (Phi) is 4.33. The minimum Gasteiger partial charge on any atom is -0.462 e. The molecule has 4 atom stereocenters. The van der Waals surface area contributed by atoms with E-state index in [4.69, 9.17) is 20.2 Å². The predicted molar refractivity (Wildman–Crippen MR) is 114 cm³/mol. The number of fused-ring (bicyclic) bond motifs is 3. The fraction of sp³-hybridized carbons (Fsp3) is 0.458. The van der Waals surface area contributed by atoms with Gasteiger partial charge in [-0.2, -0.15) is 5.26 Å². The van der Waals surface area contributed by atoms with Crippen LogP contribution in [0.5, 0.6) is 0 Å². The number of methoxy groups -OCH3 is 1. The topological polar surface area (TPSA) is 93.5 Å². The number of hydrogen-bond acceptors (Lipinski definition) is 6. The van der Waals surface area contributed by atoms with Crippen molar-refractivity contribution in [2.24, 2.45) is 22.1 Å². The highest BCUT2D eigenvalue weighted by atomic mass is 16.5. The number of hydrogen-bond donors (Lipinski definition) is 1. The molecule has 154 valence electrons. The Morgan fingerprint density at radius 3 is 2.83 bits per heavy atom. The highest BCUT2D eigenvalue weighted by Crippen LogP contribution is 2.62. The quantitative estimate of drug-likeness (QED) is 0.829. The second-order valence-electron chi connectivity index (χ2n) is 9.00. The van der Waals surface area contributed by atoms with Gasteiger partial charge in [0.25, 0.3) is 6.02 Å². The number of nitrogens with zero attached hydrogens (tertiary/aromatic N) is 3. The van der Waals surface area contributed by atoms with E-state index in [9.17, 15) is 5.26 Å². The van der Waals surface area contributed by atoms with Crippen LogP contribution < -0.4 is 5.73 Å². The van der Waals surface area contributed by atoms with Crippen molar-refractivity contribution in [3.05, 3.63) is 53.3 Å². The van der Waals surface area contributed by atoms with Gasteiger partial charge in [-0.1, -0.05) is 19.1 Å². The summed E-state index contributed by atoms with van der Waals surface area (Å²) in [5.41, 5.74) is 10.6. The molecule has 2 heterocycles. The number of nitriles is 1. The summed E-state index contributed by atoms with van der Waals surface area (Å²) in [5, 5.41) is 9.24. The number of amidine groups is 1. The van der Waals surface area contributed by atoms with E-state index in [-0.39, 0.29) is 17.5 Å². The first-order valence-electron chi connectivity index (χ1n) is 10.5. The molecule has 0 radical (unpaired) electrons. The lowest BCUT2D eigenvalue weighted by Crippen LogP contribution is -2.48. The van der Waals surface area contributed by atoms with Gasteiger partial charge in [0.15, 0.2) is 0 Å². The minimum absolute atomic E-state index is 0.0176. The molecule has 6 nitrogen and oxygen atoms in total. The molecule has 2 spiro atoms. The number of pyridine rings is 1. The van der Waals surface area contributed by atoms with Gasteiger partial charge in [-0.05, 0) is 60.4 Å². The zero-order chi connectivity index (χ0) is 20.9. The molecule has 1 saturated carbocycles. The number of aromatic nitrogens is 1. The molecule has 0 unspecified atom stereocenters. The fourth-order valence-corrected chi connectivity index (χ4v) is 6.03. The molecular weight excluding hydrogens is 376 g/mol. The van der Waals surface area contributed by atoms with Crippen LogP contribution in [0.1, 0.15) is 42.9 Å². The molecule has 0 saturated heterocycles. The average Bonchev–Trinajstić information content (AvgIpc) is 3.27. The molecule has 6 heteroatoms. The standard InChI is InChI=1S/C24H26N4O2/c1-15-9-23(6-5-21(15)29-2)10-18-4-3-17(19-7-16(11-25)12-27-13-19)8-20(18)24(23)14-30-22(26)28-24/h3-4,7-8,12-13,15,21H,5-6,9-10,14H2,1-2H3,(H2,26,28)/t15-,21-,23-,24+/m1/s1. The highest BCUT2D eigenvalue weighted by molar-refractivity contribution is 5.76. The lowest BCUT2D eigenvalue weighted by atomic mass is 9.59. The fourth-order valence-electron chi connectivity index (χ4n) is 6.03. The Morgan fingerprint density at radius 1 is 1.27 bits per heavy atom. The summed E-state index contributed by atoms with van der Waals surface area (Å²) in [6, 6.07) is 10.9. The summed E-state index contributed by atoms with van der Waals surface area (Å²) in [7, 11) is 1.81. The summed E-state index contributed by atoms with van der Waals surface area (Å²) in [4.78, 5) is 9.18. The third kappa shape index (κ3) is 2.65. The molecule has 1 fully saturated rings. The van der Waals surface area contributed by atoms with Gasteiger partial charge in [0.05, 0.1) is 11.7 Å². The van der Waals surface area contributed by atoms with Crippen molar-refractivity contribution in [2.45, 2.75) is 44.2 Å². The molecule has 5 rings (SSSR count). The average molecular weight is 402 g/mol. The highest BCUT2D eigenvalue weighted by Gasteiger charge is 2.62. The Hall–Kier alpha value is -2.91. The van der Waals surface area contributed by atoms with E-state index in [0.29, 0.717) is 18.1 Å². The van der Waals surface area contributed by atoms with Crippen LogP contribution in [-0.2, 0) is 21.4 Å². The maximum atomic E-state index is 9.24. The molecule has 1 aromatic heterocycles. The molecule has 2 aliphatic carbocycles. The number of ether oxygens (including phenoxy) is 2. The lowest BCUT2D eigenvalue weighted by molar-refractivity contribution is -0.0445. The van der Waals surface area contributed by atoms with Crippen LogP contribution in [0.2, 0.25) is 0 Å². The van der Waals surface area contributed by atoms with E-state index in [2.05, 4.69) is 36.2 Å². The molecule has 1 aliphatic heterocycles. The summed E-state index contributed by atoms with van der Waals surface area (Å²) >= 11 is 0. The minimum atomic E-state index is -0.463. The van der Waals surface area contributed by atoms with Gasteiger partial charge in [0, 0.05) is 30.5 Å². The monoisotopic (exact) mass is 402 g/mol. The van der Waals surface area contributed by atoms with Crippen molar-refractivity contribution in [1.82, 2.24) is 4.98 Å². The Bertz CT molecular complexity index is 1080. The first-order chi connectivity index (χ1) is 14.5. The van der Waals surface area contributed by atoms with E-state index >= 15 is 0 Å². The number of rotatable bonds is 2. The maximum Gasteiger partial charge on any atom is 0.283 e. The van der Waals surface area contributed by atoms with Crippen molar-refractivity contribution in [3.8, 4) is 17.2 Å². The van der Waals surface area contributed by atoms with Crippen molar-refractivity contribution < 1.29 is 9.47 Å². The van der Waals surface area contributed by atoms with Gasteiger partial charge in [-0.15, -0.1) is 0 Å². The molecule has 2 aromatic rings. The number of nitrogens with two attached hydrogens (primary N) is 1. The first kappa shape index (κ1) is 19.1. The molecule has 30 heavy (non-hydrogen) atoms. The van der Waals surface area contributed by atoms with Crippen LogP contribution >= 0.6 is 0 Å². The van der Waals surface area contributed by atoms with Crippen LogP contribution in [0.3, 0.4) is 0 Å². The number of benzene rings is 1. The van der Waals surface area contributed by atoms with Crippen LogP contribution in [0.25, 0.3) is 11.1 Å². The summed E-state index contributed by atoms with van der Waals surface area (Å²) < 4.78 is 11.5. The summed E-state index contributed by atoms with van der Waals surface area (Å²) in [5.74, 6) is 0.447. The summed E-state index contributed by atoms with van der Waals surface area (Å²) in [6.07, 6.45) is 7.72. The molecule has 1 aromatic carbocycles. The van der Waals surface area contributed by atoms with E-state index in [1.807, 2.05) is 13.2 Å². The van der Waals surface area contributed by atoms with Gasteiger partial charge in [0.1, 0.15) is 18.2 Å². The number of aliphatic imine (C=N–C) groups is 1. The molecule has 2 N–H and O–H groups in total. The van der Waals surface area contributed by atoms with Gasteiger partial charge < -0.3 is 15.2 Å². The van der Waals surface area contributed by atoms with Crippen LogP contribution in [0.4, 0.5) is 0 Å². The van der Waals surface area contributed by atoms with Crippen molar-refractivity contribution >= 4 is 6.02 Å². The second kappa shape index (κ2) is 6.82. The van der Waals surface area contributed by atoms with Crippen molar-refractivity contribution in [2.75, 3.05) is 13.7 Å². The largest absolute Gasteiger partial charge is 0.462 e. The van der Waals surface area contributed by atoms with Crippen LogP contribution in [0, 0.1) is 22.7 Å². The van der Waals surface area contributed by atoms with Gasteiger partial charge in [0.2, 0.25) is 0 Å². The molecule has 0 amide bonds.